The molecule has 0 atom stereocenters. The molecular weight excluding hydrogens is 234 g/mol. The van der Waals surface area contributed by atoms with Gasteiger partial charge in [-0.25, -0.2) is 9.20 Å². The Morgan fingerprint density at radius 2 is 2.22 bits per heavy atom. The maximum Gasteiger partial charge on any atom is 0.357 e. The number of nitrogens with two attached hydrogens (primary N) is 1. The van der Waals surface area contributed by atoms with Crippen LogP contribution in [0.3, 0.4) is 0 Å². The molecule has 0 bridgehead atoms. The van der Waals surface area contributed by atoms with Gasteiger partial charge >= 0.3 is 5.69 Å². The third-order valence-corrected chi connectivity index (χ3v) is 3.01. The minimum Gasteiger partial charge on any atom is -0.325 e. The molecule has 0 radical (unpaired) electrons. The Bertz CT molecular complexity index is 653. The molecule has 0 aromatic carbocycles. The van der Waals surface area contributed by atoms with E-state index in [1.165, 1.54) is 4.40 Å². The van der Waals surface area contributed by atoms with Crippen LogP contribution in [0.2, 0.25) is 0 Å². The summed E-state index contributed by atoms with van der Waals surface area (Å²) in [5, 5.41) is 4.00. The molecule has 2 aromatic heterocycles. The smallest absolute Gasteiger partial charge is 0.325 e. The molecule has 0 saturated carbocycles. The molecule has 0 unspecified atom stereocenters. The van der Waals surface area contributed by atoms with E-state index in [0.717, 1.165) is 4.68 Å². The highest BCUT2D eigenvalue weighted by Gasteiger charge is 2.26. The van der Waals surface area contributed by atoms with Crippen LogP contribution in [-0.2, 0) is 0 Å². The predicted molar refractivity (Wildman–Crippen MR) is 64.5 cm³/mol. The third kappa shape index (κ3) is 1.73. The Hall–Kier alpha value is -1.99. The summed E-state index contributed by atoms with van der Waals surface area (Å²) in [6, 6.07) is 5.31. The summed E-state index contributed by atoms with van der Waals surface area (Å²) in [7, 11) is 0. The molecule has 1 saturated heterocycles. The number of likely N-dealkylation sites (tertiary alicyclic amines) is 1. The third-order valence-electron chi connectivity index (χ3n) is 3.01. The van der Waals surface area contributed by atoms with E-state index in [1.807, 2.05) is 4.90 Å². The summed E-state index contributed by atoms with van der Waals surface area (Å²) in [6.45, 7) is 1.55. The van der Waals surface area contributed by atoms with Gasteiger partial charge in [-0.2, -0.15) is 0 Å². The van der Waals surface area contributed by atoms with Crippen LogP contribution in [0.1, 0.15) is 4.79 Å². The van der Waals surface area contributed by atoms with Gasteiger partial charge in [0, 0.05) is 25.3 Å². The number of pyridine rings is 1. The van der Waals surface area contributed by atoms with Crippen LogP contribution in [0, 0.1) is 0 Å². The SMILES string of the molecule is NC1CN(CC(=O)n2nc3ccccn3c2=O)C1. The lowest BCUT2D eigenvalue weighted by molar-refractivity contribution is 0.0742. The van der Waals surface area contributed by atoms with E-state index < -0.39 is 5.69 Å². The molecule has 1 fully saturated rings. The van der Waals surface area contributed by atoms with E-state index in [4.69, 9.17) is 5.73 Å². The van der Waals surface area contributed by atoms with Gasteiger partial charge in [-0.15, -0.1) is 9.78 Å². The molecule has 1 aliphatic heterocycles. The van der Waals surface area contributed by atoms with Gasteiger partial charge in [0.05, 0.1) is 6.54 Å². The van der Waals surface area contributed by atoms with Gasteiger partial charge in [-0.1, -0.05) is 6.07 Å². The molecule has 1 aliphatic rings. The first-order valence-electron chi connectivity index (χ1n) is 5.73. The van der Waals surface area contributed by atoms with Crippen molar-refractivity contribution in [1.29, 1.82) is 0 Å². The molecule has 7 nitrogen and oxygen atoms in total. The van der Waals surface area contributed by atoms with Gasteiger partial charge in [-0.3, -0.25) is 9.69 Å². The fourth-order valence-corrected chi connectivity index (χ4v) is 2.08. The van der Waals surface area contributed by atoms with Crippen LogP contribution < -0.4 is 11.4 Å². The summed E-state index contributed by atoms with van der Waals surface area (Å²) >= 11 is 0. The number of fused-ring (bicyclic) bond motifs is 1. The minimum atomic E-state index is -0.430. The number of hydrogen-bond acceptors (Lipinski definition) is 5. The second-order valence-corrected chi connectivity index (χ2v) is 4.47. The van der Waals surface area contributed by atoms with Crippen LogP contribution in [0.25, 0.3) is 5.65 Å². The highest BCUT2D eigenvalue weighted by molar-refractivity contribution is 5.80. The summed E-state index contributed by atoms with van der Waals surface area (Å²) in [4.78, 5) is 25.8. The topological polar surface area (TPSA) is 85.6 Å². The second-order valence-electron chi connectivity index (χ2n) is 4.47. The Morgan fingerprint density at radius 1 is 1.44 bits per heavy atom. The Kier molecular flexibility index (Phi) is 2.49. The average molecular weight is 247 g/mol. The lowest BCUT2D eigenvalue weighted by atomic mass is 10.1. The molecule has 0 amide bonds. The molecule has 18 heavy (non-hydrogen) atoms. The lowest BCUT2D eigenvalue weighted by Crippen LogP contribution is -2.57. The van der Waals surface area contributed by atoms with Crippen molar-refractivity contribution in [3.05, 3.63) is 34.9 Å². The number of hydrogen-bond donors (Lipinski definition) is 1. The Balaban J connectivity index is 1.87. The van der Waals surface area contributed by atoms with Crippen LogP contribution in [0.4, 0.5) is 0 Å². The van der Waals surface area contributed by atoms with Gasteiger partial charge in [0.15, 0.2) is 5.65 Å². The fraction of sp³-hybridized carbons (Fsp3) is 0.364. The number of carbonyl (C=O) groups excluding carboxylic acids is 1. The first-order chi connectivity index (χ1) is 8.65. The molecule has 2 aromatic rings. The van der Waals surface area contributed by atoms with E-state index in [0.29, 0.717) is 18.7 Å². The first kappa shape index (κ1) is 11.1. The van der Waals surface area contributed by atoms with E-state index >= 15 is 0 Å². The van der Waals surface area contributed by atoms with Crippen LogP contribution in [0.5, 0.6) is 0 Å². The Morgan fingerprint density at radius 3 is 2.89 bits per heavy atom. The molecule has 2 N–H and O–H groups in total. The second kappa shape index (κ2) is 4.04. The zero-order valence-corrected chi connectivity index (χ0v) is 9.69. The van der Waals surface area contributed by atoms with E-state index in [-0.39, 0.29) is 18.5 Å². The monoisotopic (exact) mass is 247 g/mol. The zero-order chi connectivity index (χ0) is 12.7. The lowest BCUT2D eigenvalue weighted by Gasteiger charge is -2.35. The summed E-state index contributed by atoms with van der Waals surface area (Å²) in [6.07, 6.45) is 1.59. The van der Waals surface area contributed by atoms with Gasteiger partial charge in [0.1, 0.15) is 0 Å². The summed E-state index contributed by atoms with van der Waals surface area (Å²) in [5.74, 6) is -0.324. The van der Waals surface area contributed by atoms with Crippen molar-refractivity contribution in [3.8, 4) is 0 Å². The van der Waals surface area contributed by atoms with Gasteiger partial charge in [-0.05, 0) is 12.1 Å². The molecule has 0 spiro atoms. The Labute approximate surface area is 102 Å². The summed E-state index contributed by atoms with van der Waals surface area (Å²) in [5.41, 5.74) is 5.67. The zero-order valence-electron chi connectivity index (χ0n) is 9.69. The number of aromatic nitrogens is 3. The number of carbonyl (C=O) groups is 1. The van der Waals surface area contributed by atoms with Crippen LogP contribution >= 0.6 is 0 Å². The van der Waals surface area contributed by atoms with Crippen molar-refractivity contribution in [3.63, 3.8) is 0 Å². The summed E-state index contributed by atoms with van der Waals surface area (Å²) < 4.78 is 2.26. The van der Waals surface area contributed by atoms with Crippen molar-refractivity contribution in [2.24, 2.45) is 5.73 Å². The normalized spacial score (nSPS) is 16.9. The van der Waals surface area contributed by atoms with E-state index in [9.17, 15) is 9.59 Å². The maximum absolute atomic E-state index is 11.9. The maximum atomic E-state index is 11.9. The predicted octanol–water partition coefficient (Wildman–Crippen LogP) is -1.22. The van der Waals surface area contributed by atoms with Crippen molar-refractivity contribution in [2.45, 2.75) is 6.04 Å². The van der Waals surface area contributed by atoms with E-state index in [2.05, 4.69) is 5.10 Å². The van der Waals surface area contributed by atoms with Gasteiger partial charge in [0.25, 0.3) is 5.91 Å². The molecule has 7 heteroatoms. The van der Waals surface area contributed by atoms with Crippen molar-refractivity contribution < 1.29 is 4.79 Å². The van der Waals surface area contributed by atoms with E-state index in [1.54, 1.807) is 24.4 Å². The highest BCUT2D eigenvalue weighted by atomic mass is 16.2. The molecule has 94 valence electrons. The van der Waals surface area contributed by atoms with Crippen molar-refractivity contribution >= 4 is 11.6 Å². The standard InChI is InChI=1S/C11H13N5O2/c12-8-5-14(6-8)7-10(17)16-11(18)15-4-2-1-3-9(15)13-16/h1-4,8H,5-7,12H2. The minimum absolute atomic E-state index is 0.135. The average Bonchev–Trinajstić information content (AvgIpc) is 2.66. The first-order valence-corrected chi connectivity index (χ1v) is 5.73. The van der Waals surface area contributed by atoms with Gasteiger partial charge < -0.3 is 5.73 Å². The largest absolute Gasteiger partial charge is 0.357 e. The quantitative estimate of drug-likeness (QED) is 0.719. The van der Waals surface area contributed by atoms with Crippen molar-refractivity contribution in [2.75, 3.05) is 19.6 Å². The highest BCUT2D eigenvalue weighted by Crippen LogP contribution is 2.04. The van der Waals surface area contributed by atoms with Crippen molar-refractivity contribution in [1.82, 2.24) is 19.1 Å². The van der Waals surface area contributed by atoms with Crippen LogP contribution in [-0.4, -0.2) is 50.7 Å². The molecular formula is C11H13N5O2. The van der Waals surface area contributed by atoms with Gasteiger partial charge in [0.2, 0.25) is 0 Å². The molecule has 3 heterocycles. The number of rotatable bonds is 2. The molecule has 3 rings (SSSR count). The molecule has 0 aliphatic carbocycles. The number of nitrogens with zero attached hydrogens (tertiary/aromatic N) is 4. The fourth-order valence-electron chi connectivity index (χ4n) is 2.08. The van der Waals surface area contributed by atoms with Crippen LogP contribution in [0.15, 0.2) is 29.2 Å².